The van der Waals surface area contributed by atoms with E-state index in [-0.39, 0.29) is 0 Å². The van der Waals surface area contributed by atoms with E-state index in [1.165, 1.54) is 51.0 Å². The fourth-order valence-electron chi connectivity index (χ4n) is 3.58. The Labute approximate surface area is 147 Å². The van der Waals surface area contributed by atoms with E-state index in [0.29, 0.717) is 5.92 Å². The first kappa shape index (κ1) is 19.3. The molecule has 1 aliphatic heterocycles. The molecule has 0 aromatic carbocycles. The van der Waals surface area contributed by atoms with E-state index in [0.717, 1.165) is 24.6 Å². The van der Waals surface area contributed by atoms with Crippen LogP contribution in [0.5, 0.6) is 0 Å². The number of aliphatic hydroxyl groups is 1. The number of likely N-dealkylation sites (tertiary alicyclic amines) is 1. The second-order valence-corrected chi connectivity index (χ2v) is 8.24. The Morgan fingerprint density at radius 1 is 1.29 bits per heavy atom. The Balaban J connectivity index is 1.64. The molecule has 0 unspecified atom stereocenters. The maximum absolute atomic E-state index is 9.78. The third-order valence-electron chi connectivity index (χ3n) is 5.23. The van der Waals surface area contributed by atoms with Crippen molar-refractivity contribution in [1.29, 1.82) is 0 Å². The highest BCUT2D eigenvalue weighted by Gasteiger charge is 2.22. The molecular weight excluding hydrogens is 298 g/mol. The zero-order valence-electron chi connectivity index (χ0n) is 16.0. The average Bonchev–Trinajstić information content (AvgIpc) is 2.52. The van der Waals surface area contributed by atoms with E-state index in [2.05, 4.69) is 27.9 Å². The summed E-state index contributed by atoms with van der Waals surface area (Å²) in [5, 5.41) is 9.78. The summed E-state index contributed by atoms with van der Waals surface area (Å²) >= 11 is 0. The molecule has 0 bridgehead atoms. The van der Waals surface area contributed by atoms with Gasteiger partial charge in [-0.3, -0.25) is 0 Å². The van der Waals surface area contributed by atoms with Gasteiger partial charge in [0.15, 0.2) is 0 Å². The second kappa shape index (κ2) is 8.91. The summed E-state index contributed by atoms with van der Waals surface area (Å²) in [5.74, 6) is 2.23. The Bertz CT molecular complexity index is 490. The lowest BCUT2D eigenvalue weighted by molar-refractivity contribution is 0.0666. The van der Waals surface area contributed by atoms with Crippen LogP contribution in [0.1, 0.15) is 76.7 Å². The van der Waals surface area contributed by atoms with Gasteiger partial charge in [0.05, 0.1) is 5.60 Å². The van der Waals surface area contributed by atoms with Crippen molar-refractivity contribution in [2.24, 2.45) is 5.92 Å². The lowest BCUT2D eigenvalue weighted by atomic mass is 9.92. The van der Waals surface area contributed by atoms with Gasteiger partial charge in [-0.15, -0.1) is 0 Å². The summed E-state index contributed by atoms with van der Waals surface area (Å²) in [7, 11) is 0. The fourth-order valence-corrected chi connectivity index (χ4v) is 3.58. The molecule has 0 amide bonds. The highest BCUT2D eigenvalue weighted by Crippen LogP contribution is 2.27. The summed E-state index contributed by atoms with van der Waals surface area (Å²) in [6.45, 7) is 11.7. The molecule has 0 radical (unpaired) electrons. The van der Waals surface area contributed by atoms with Crippen molar-refractivity contribution in [3.8, 4) is 0 Å². The molecule has 0 spiro atoms. The maximum Gasteiger partial charge on any atom is 0.125 e. The van der Waals surface area contributed by atoms with E-state index in [4.69, 9.17) is 0 Å². The van der Waals surface area contributed by atoms with Crippen molar-refractivity contribution in [3.63, 3.8) is 0 Å². The molecule has 1 N–H and O–H groups in total. The molecule has 4 heteroatoms. The van der Waals surface area contributed by atoms with E-state index in [9.17, 15) is 5.11 Å². The van der Waals surface area contributed by atoms with E-state index in [1.807, 2.05) is 27.0 Å². The minimum absolute atomic E-state index is 0.513. The van der Waals surface area contributed by atoms with Crippen molar-refractivity contribution in [1.82, 2.24) is 14.9 Å². The molecule has 1 aromatic rings. The standard InChI is InChI=1S/C20H35N3O/c1-16(6-5-11-20(3,4)24)8-13-23-14-9-18(10-15-23)19-7-12-21-17(2)22-19/h7,12,16,18,24H,5-6,8-11,13-15H2,1-4H3/t16-/m0/s1. The Morgan fingerprint density at radius 2 is 2.00 bits per heavy atom. The molecule has 1 saturated heterocycles. The minimum atomic E-state index is -0.513. The van der Waals surface area contributed by atoms with Gasteiger partial charge >= 0.3 is 0 Å². The molecule has 4 nitrogen and oxygen atoms in total. The summed E-state index contributed by atoms with van der Waals surface area (Å²) in [4.78, 5) is 11.4. The first-order valence-corrected chi connectivity index (χ1v) is 9.58. The van der Waals surface area contributed by atoms with Crippen molar-refractivity contribution in [2.75, 3.05) is 19.6 Å². The monoisotopic (exact) mass is 333 g/mol. The SMILES string of the molecule is Cc1nccc(C2CCN(CC[C@@H](C)CCCC(C)(C)O)CC2)n1. The first-order chi connectivity index (χ1) is 11.3. The maximum atomic E-state index is 9.78. The predicted molar refractivity (Wildman–Crippen MR) is 99.1 cm³/mol. The molecule has 1 aromatic heterocycles. The van der Waals surface area contributed by atoms with Crippen molar-refractivity contribution in [2.45, 2.75) is 77.7 Å². The quantitative estimate of drug-likeness (QED) is 0.783. The molecular formula is C20H35N3O. The van der Waals surface area contributed by atoms with Crippen LogP contribution >= 0.6 is 0 Å². The highest BCUT2D eigenvalue weighted by molar-refractivity contribution is 5.09. The van der Waals surface area contributed by atoms with Crippen molar-refractivity contribution < 1.29 is 5.11 Å². The van der Waals surface area contributed by atoms with E-state index in [1.54, 1.807) is 0 Å². The smallest absolute Gasteiger partial charge is 0.125 e. The van der Waals surface area contributed by atoms with Gasteiger partial charge in [0, 0.05) is 17.8 Å². The van der Waals surface area contributed by atoms with Crippen LogP contribution < -0.4 is 0 Å². The minimum Gasteiger partial charge on any atom is -0.390 e. The molecule has 2 heterocycles. The average molecular weight is 334 g/mol. The molecule has 136 valence electrons. The van der Waals surface area contributed by atoms with Gasteiger partial charge in [0.1, 0.15) is 5.82 Å². The summed E-state index contributed by atoms with van der Waals surface area (Å²) in [5.41, 5.74) is 0.711. The summed E-state index contributed by atoms with van der Waals surface area (Å²) in [6, 6.07) is 2.08. The third-order valence-corrected chi connectivity index (χ3v) is 5.23. The Morgan fingerprint density at radius 3 is 2.62 bits per heavy atom. The van der Waals surface area contributed by atoms with Gasteiger partial charge in [-0.05, 0) is 78.1 Å². The first-order valence-electron chi connectivity index (χ1n) is 9.58. The van der Waals surface area contributed by atoms with Crippen LogP contribution in [0.3, 0.4) is 0 Å². The second-order valence-electron chi connectivity index (χ2n) is 8.24. The van der Waals surface area contributed by atoms with Crippen LogP contribution in [0.15, 0.2) is 12.3 Å². The normalized spacial score (nSPS) is 18.7. The molecule has 0 saturated carbocycles. The Hall–Kier alpha value is -1.00. The fraction of sp³-hybridized carbons (Fsp3) is 0.800. The van der Waals surface area contributed by atoms with Crippen LogP contribution in [0.4, 0.5) is 0 Å². The van der Waals surface area contributed by atoms with E-state index < -0.39 is 5.60 Å². The number of aromatic nitrogens is 2. The van der Waals surface area contributed by atoms with Crippen LogP contribution in [-0.4, -0.2) is 45.2 Å². The van der Waals surface area contributed by atoms with Crippen LogP contribution in [0, 0.1) is 12.8 Å². The van der Waals surface area contributed by atoms with Gasteiger partial charge < -0.3 is 10.0 Å². The van der Waals surface area contributed by atoms with Gasteiger partial charge in [-0.25, -0.2) is 9.97 Å². The lowest BCUT2D eigenvalue weighted by Crippen LogP contribution is -2.34. The van der Waals surface area contributed by atoms with Crippen LogP contribution in [-0.2, 0) is 0 Å². The zero-order valence-corrected chi connectivity index (χ0v) is 16.0. The predicted octanol–water partition coefficient (Wildman–Crippen LogP) is 3.93. The van der Waals surface area contributed by atoms with Gasteiger partial charge in [0.2, 0.25) is 0 Å². The lowest BCUT2D eigenvalue weighted by Gasteiger charge is -2.32. The van der Waals surface area contributed by atoms with Crippen LogP contribution in [0.2, 0.25) is 0 Å². The molecule has 1 aliphatic rings. The third kappa shape index (κ3) is 6.86. The van der Waals surface area contributed by atoms with Crippen molar-refractivity contribution in [3.05, 3.63) is 23.8 Å². The number of rotatable bonds is 8. The van der Waals surface area contributed by atoms with Crippen LogP contribution in [0.25, 0.3) is 0 Å². The van der Waals surface area contributed by atoms with Gasteiger partial charge in [-0.2, -0.15) is 0 Å². The summed E-state index contributed by atoms with van der Waals surface area (Å²) in [6.07, 6.45) is 8.83. The largest absolute Gasteiger partial charge is 0.390 e. The molecule has 2 rings (SSSR count). The highest BCUT2D eigenvalue weighted by atomic mass is 16.3. The number of hydrogen-bond acceptors (Lipinski definition) is 4. The number of piperidine rings is 1. The molecule has 24 heavy (non-hydrogen) atoms. The number of hydrogen-bond donors (Lipinski definition) is 1. The molecule has 1 atom stereocenters. The topological polar surface area (TPSA) is 49.2 Å². The summed E-state index contributed by atoms with van der Waals surface area (Å²) < 4.78 is 0. The Kier molecular flexibility index (Phi) is 7.17. The zero-order chi connectivity index (χ0) is 17.6. The van der Waals surface area contributed by atoms with Gasteiger partial charge in [-0.1, -0.05) is 19.8 Å². The molecule has 1 fully saturated rings. The van der Waals surface area contributed by atoms with Crippen molar-refractivity contribution >= 4 is 0 Å². The van der Waals surface area contributed by atoms with Gasteiger partial charge in [0.25, 0.3) is 0 Å². The van der Waals surface area contributed by atoms with E-state index >= 15 is 0 Å². The number of aryl methyl sites for hydroxylation is 1. The molecule has 0 aliphatic carbocycles. The number of nitrogens with zero attached hydrogens (tertiary/aromatic N) is 3.